The molecule has 0 unspecified atom stereocenters. The first-order valence-electron chi connectivity index (χ1n) is 3.46. The molecule has 0 spiro atoms. The Hall–Kier alpha value is -1.72. The highest BCUT2D eigenvalue weighted by atomic mass is 19.4. The van der Waals surface area contributed by atoms with Gasteiger partial charge in [0, 0.05) is 5.56 Å². The van der Waals surface area contributed by atoms with Gasteiger partial charge in [0.15, 0.2) is 11.5 Å². The van der Waals surface area contributed by atoms with E-state index >= 15 is 0 Å². The van der Waals surface area contributed by atoms with Gasteiger partial charge in [-0.3, -0.25) is 4.79 Å². The molecule has 1 aromatic carbocycles. The van der Waals surface area contributed by atoms with E-state index in [0.717, 1.165) is 18.2 Å². The van der Waals surface area contributed by atoms with Crippen LogP contribution < -0.4 is 4.74 Å². The van der Waals surface area contributed by atoms with E-state index in [1.54, 1.807) is 0 Å². The van der Waals surface area contributed by atoms with Crippen LogP contribution in [0.5, 0.6) is 11.5 Å². The Morgan fingerprint density at radius 2 is 2.00 bits per heavy atom. The number of rotatable bonds is 2. The van der Waals surface area contributed by atoms with Crippen molar-refractivity contribution in [3.8, 4) is 11.5 Å². The summed E-state index contributed by atoms with van der Waals surface area (Å²) in [6.07, 6.45) is -4.46. The third-order valence-corrected chi connectivity index (χ3v) is 1.34. The van der Waals surface area contributed by atoms with Crippen molar-refractivity contribution in [2.75, 3.05) is 0 Å². The predicted molar refractivity (Wildman–Crippen MR) is 40.2 cm³/mol. The summed E-state index contributed by atoms with van der Waals surface area (Å²) in [5.74, 6) is -1.46. The fourth-order valence-corrected chi connectivity index (χ4v) is 0.819. The molecule has 0 fully saturated rings. The molecule has 0 aliphatic carbocycles. The summed E-state index contributed by atoms with van der Waals surface area (Å²) in [6.45, 7) is 0. The Balaban J connectivity index is 2.95. The highest BCUT2D eigenvalue weighted by Crippen LogP contribution is 2.31. The molecule has 1 N–H and O–H groups in total. The van der Waals surface area contributed by atoms with Crippen molar-refractivity contribution < 1.29 is 27.8 Å². The molecule has 76 valence electrons. The first-order valence-corrected chi connectivity index (χ1v) is 3.46. The molecule has 1 aromatic rings. The van der Waals surface area contributed by atoms with Gasteiger partial charge in [-0.25, -0.2) is 0 Å². The van der Waals surface area contributed by atoms with Crippen LogP contribution >= 0.6 is 0 Å². The number of ether oxygens (including phenoxy) is 1. The van der Waals surface area contributed by atoms with Gasteiger partial charge in [-0.05, 0) is 18.2 Å². The van der Waals surface area contributed by atoms with E-state index in [1.165, 1.54) is 0 Å². The minimum absolute atomic E-state index is 0.0667. The van der Waals surface area contributed by atoms with E-state index in [9.17, 15) is 18.0 Å². The van der Waals surface area contributed by atoms with Crippen molar-refractivity contribution in [3.05, 3.63) is 23.8 Å². The number of hydrogen-bond acceptors (Lipinski definition) is 3. The molecule has 0 amide bonds. The number of benzene rings is 1. The second-order valence-corrected chi connectivity index (χ2v) is 2.39. The molecular formula is C8H5F3O3. The Labute approximate surface area is 76.7 Å². The fraction of sp³-hybridized carbons (Fsp3) is 0.125. The van der Waals surface area contributed by atoms with Crippen molar-refractivity contribution in [3.63, 3.8) is 0 Å². The summed E-state index contributed by atoms with van der Waals surface area (Å²) in [5, 5.41) is 9.00. The number of hydrogen-bond donors (Lipinski definition) is 1. The monoisotopic (exact) mass is 206 g/mol. The van der Waals surface area contributed by atoms with E-state index in [1.807, 2.05) is 0 Å². The quantitative estimate of drug-likeness (QED) is 0.753. The number of phenols is 1. The average Bonchev–Trinajstić information content (AvgIpc) is 2.06. The van der Waals surface area contributed by atoms with Gasteiger partial charge in [-0.15, -0.1) is 13.2 Å². The zero-order valence-electron chi connectivity index (χ0n) is 6.71. The molecule has 0 saturated carbocycles. The Morgan fingerprint density at radius 1 is 1.36 bits per heavy atom. The SMILES string of the molecule is O=Cc1ccc(OC(F)(F)F)c(O)c1. The average molecular weight is 206 g/mol. The van der Waals surface area contributed by atoms with Crippen molar-refractivity contribution in [2.24, 2.45) is 0 Å². The summed E-state index contributed by atoms with van der Waals surface area (Å²) < 4.78 is 38.6. The smallest absolute Gasteiger partial charge is 0.504 e. The van der Waals surface area contributed by atoms with Crippen molar-refractivity contribution in [1.29, 1.82) is 0 Å². The number of aldehydes is 1. The highest BCUT2D eigenvalue weighted by Gasteiger charge is 2.32. The maximum absolute atomic E-state index is 11.7. The molecule has 0 atom stereocenters. The van der Waals surface area contributed by atoms with Crippen LogP contribution in [0.4, 0.5) is 13.2 Å². The molecular weight excluding hydrogens is 201 g/mol. The van der Waals surface area contributed by atoms with Crippen LogP contribution in [0.2, 0.25) is 0 Å². The van der Waals surface area contributed by atoms with Gasteiger partial charge in [-0.1, -0.05) is 0 Å². The number of carbonyl (C=O) groups is 1. The van der Waals surface area contributed by atoms with E-state index in [-0.39, 0.29) is 5.56 Å². The Kier molecular flexibility index (Phi) is 2.64. The molecule has 0 radical (unpaired) electrons. The molecule has 0 aliphatic heterocycles. The molecule has 0 aliphatic rings. The molecule has 0 bridgehead atoms. The summed E-state index contributed by atoms with van der Waals surface area (Å²) in [6, 6.07) is 2.86. The van der Waals surface area contributed by atoms with Crippen LogP contribution in [0.25, 0.3) is 0 Å². The normalized spacial score (nSPS) is 11.1. The first-order chi connectivity index (χ1) is 6.42. The molecule has 3 nitrogen and oxygen atoms in total. The summed E-state index contributed by atoms with van der Waals surface area (Å²) in [5.41, 5.74) is 0.0667. The van der Waals surface area contributed by atoms with E-state index in [2.05, 4.69) is 4.74 Å². The van der Waals surface area contributed by atoms with Gasteiger partial charge in [0.1, 0.15) is 6.29 Å². The molecule has 6 heteroatoms. The minimum atomic E-state index is -4.86. The number of alkyl halides is 3. The molecule has 1 rings (SSSR count). The van der Waals surface area contributed by atoms with Gasteiger partial charge >= 0.3 is 6.36 Å². The Morgan fingerprint density at radius 3 is 2.43 bits per heavy atom. The van der Waals surface area contributed by atoms with Crippen LogP contribution in [-0.2, 0) is 0 Å². The highest BCUT2D eigenvalue weighted by molar-refractivity contribution is 5.76. The molecule has 0 heterocycles. The van der Waals surface area contributed by atoms with Gasteiger partial charge < -0.3 is 9.84 Å². The lowest BCUT2D eigenvalue weighted by atomic mass is 10.2. The largest absolute Gasteiger partial charge is 0.573 e. The van der Waals surface area contributed by atoms with Gasteiger partial charge in [0.2, 0.25) is 0 Å². The Bertz CT molecular complexity index is 346. The summed E-state index contributed by atoms with van der Waals surface area (Å²) >= 11 is 0. The van der Waals surface area contributed by atoms with E-state index < -0.39 is 17.9 Å². The lowest BCUT2D eigenvalue weighted by Crippen LogP contribution is -2.17. The summed E-state index contributed by atoms with van der Waals surface area (Å²) in [4.78, 5) is 10.2. The fourth-order valence-electron chi connectivity index (χ4n) is 0.819. The van der Waals surface area contributed by atoms with Crippen LogP contribution in [0, 0.1) is 0 Å². The van der Waals surface area contributed by atoms with Crippen LogP contribution in [-0.4, -0.2) is 17.8 Å². The molecule has 14 heavy (non-hydrogen) atoms. The lowest BCUT2D eigenvalue weighted by molar-refractivity contribution is -0.275. The van der Waals surface area contributed by atoms with Crippen LogP contribution in [0.3, 0.4) is 0 Å². The first kappa shape index (κ1) is 10.4. The number of carbonyl (C=O) groups excluding carboxylic acids is 1. The number of halogens is 3. The summed E-state index contributed by atoms with van der Waals surface area (Å²) in [7, 11) is 0. The standard InChI is InChI=1S/C8H5F3O3/c9-8(10,11)14-7-2-1-5(4-12)3-6(7)13/h1-4,13H. The topological polar surface area (TPSA) is 46.5 Å². The van der Waals surface area contributed by atoms with Crippen molar-refractivity contribution in [1.82, 2.24) is 0 Å². The minimum Gasteiger partial charge on any atom is -0.504 e. The van der Waals surface area contributed by atoms with E-state index in [0.29, 0.717) is 6.29 Å². The second kappa shape index (κ2) is 3.57. The maximum atomic E-state index is 11.7. The third-order valence-electron chi connectivity index (χ3n) is 1.34. The predicted octanol–water partition coefficient (Wildman–Crippen LogP) is 2.10. The van der Waals surface area contributed by atoms with Gasteiger partial charge in [-0.2, -0.15) is 0 Å². The lowest BCUT2D eigenvalue weighted by Gasteiger charge is -2.09. The van der Waals surface area contributed by atoms with E-state index in [4.69, 9.17) is 5.11 Å². The number of aromatic hydroxyl groups is 1. The van der Waals surface area contributed by atoms with Gasteiger partial charge in [0.05, 0.1) is 0 Å². The maximum Gasteiger partial charge on any atom is 0.573 e. The van der Waals surface area contributed by atoms with Crippen molar-refractivity contribution >= 4 is 6.29 Å². The van der Waals surface area contributed by atoms with Crippen LogP contribution in [0.15, 0.2) is 18.2 Å². The van der Waals surface area contributed by atoms with Gasteiger partial charge in [0.25, 0.3) is 0 Å². The third kappa shape index (κ3) is 2.65. The zero-order valence-corrected chi connectivity index (χ0v) is 6.71. The number of phenolic OH excluding ortho intramolecular Hbond substituents is 1. The molecule has 0 aromatic heterocycles. The molecule has 0 saturated heterocycles. The van der Waals surface area contributed by atoms with Crippen LogP contribution in [0.1, 0.15) is 10.4 Å². The second-order valence-electron chi connectivity index (χ2n) is 2.39. The van der Waals surface area contributed by atoms with Crippen molar-refractivity contribution in [2.45, 2.75) is 6.36 Å². The zero-order chi connectivity index (χ0) is 10.8.